The van der Waals surface area contributed by atoms with E-state index in [4.69, 9.17) is 0 Å². The second-order valence-corrected chi connectivity index (χ2v) is 11.1. The molecule has 0 radical (unpaired) electrons. The minimum atomic E-state index is -1.18. The molecule has 238 valence electrons. The molecule has 0 bridgehead atoms. The van der Waals surface area contributed by atoms with Crippen LogP contribution >= 0.6 is 0 Å². The van der Waals surface area contributed by atoms with Gasteiger partial charge in [0.25, 0.3) is 11.8 Å². The van der Waals surface area contributed by atoms with Gasteiger partial charge in [0.2, 0.25) is 0 Å². The number of aliphatic hydroxyl groups is 2. The van der Waals surface area contributed by atoms with Crippen LogP contribution in [0, 0.1) is 13.8 Å². The van der Waals surface area contributed by atoms with Gasteiger partial charge in [-0.3, -0.25) is 9.59 Å². The van der Waals surface area contributed by atoms with Crippen LogP contribution in [0.1, 0.15) is 76.5 Å². The first kappa shape index (κ1) is 33.6. The van der Waals surface area contributed by atoms with Crippen molar-refractivity contribution in [2.45, 2.75) is 51.7 Å². The van der Waals surface area contributed by atoms with Crippen molar-refractivity contribution in [3.05, 3.63) is 129 Å². The van der Waals surface area contributed by atoms with Gasteiger partial charge in [-0.25, -0.2) is 9.59 Å². The SMILES string of the molecule is Cc1cccc(C(=O)Nc2ccc(CCC(O)C(O)CCc3ccc(NC(=O)c4c(C)cccc4C(=O)O)cc3)cc2)c1C(=O)O. The standard InChI is InChI=1S/C36H36N2O8/c1-21-5-4-8-28(35(43)44)31(21)34(42)38-26-17-11-24(12-18-26)14-20-30(40)29(39)19-13-23-9-15-25(16-10-23)37-33(41)27-7-3-6-22(2)32(27)36(45)46/h3-12,15-18,29-30,39-40H,13-14,19-20H2,1-2H3,(H,37,41)(H,38,42)(H,43,44)(H,45,46). The van der Waals surface area contributed by atoms with E-state index in [9.17, 15) is 39.6 Å². The molecule has 10 heteroatoms. The molecule has 2 amide bonds. The summed E-state index contributed by atoms with van der Waals surface area (Å²) in [4.78, 5) is 48.6. The van der Waals surface area contributed by atoms with Crippen molar-refractivity contribution in [2.24, 2.45) is 0 Å². The van der Waals surface area contributed by atoms with Crippen LogP contribution in [0.4, 0.5) is 11.4 Å². The number of benzene rings is 4. The monoisotopic (exact) mass is 624 g/mol. The molecule has 0 aliphatic carbocycles. The summed E-state index contributed by atoms with van der Waals surface area (Å²) in [7, 11) is 0. The zero-order valence-corrected chi connectivity index (χ0v) is 25.5. The van der Waals surface area contributed by atoms with Gasteiger partial charge >= 0.3 is 11.9 Å². The third-order valence-electron chi connectivity index (χ3n) is 7.79. The molecule has 0 fully saturated rings. The summed E-state index contributed by atoms with van der Waals surface area (Å²) in [6, 6.07) is 23.4. The fraction of sp³-hybridized carbons (Fsp3) is 0.222. The molecule has 0 aromatic heterocycles. The highest BCUT2D eigenvalue weighted by molar-refractivity contribution is 6.12. The Balaban J connectivity index is 1.24. The van der Waals surface area contributed by atoms with Crippen molar-refractivity contribution in [3.63, 3.8) is 0 Å². The lowest BCUT2D eigenvalue weighted by molar-refractivity contribution is 0.0104. The number of carbonyl (C=O) groups excluding carboxylic acids is 2. The number of aliphatic hydroxyl groups excluding tert-OH is 2. The highest BCUT2D eigenvalue weighted by Gasteiger charge is 2.21. The van der Waals surface area contributed by atoms with Gasteiger partial charge in [0, 0.05) is 11.4 Å². The Labute approximate surface area is 266 Å². The van der Waals surface area contributed by atoms with E-state index in [0.717, 1.165) is 11.1 Å². The number of rotatable bonds is 13. The molecule has 2 unspecified atom stereocenters. The molecule has 0 aliphatic heterocycles. The van der Waals surface area contributed by atoms with Crippen molar-refractivity contribution in [3.8, 4) is 0 Å². The van der Waals surface area contributed by atoms with Crippen molar-refractivity contribution < 1.29 is 39.6 Å². The van der Waals surface area contributed by atoms with Crippen LogP contribution in [-0.2, 0) is 12.8 Å². The highest BCUT2D eigenvalue weighted by Crippen LogP contribution is 2.21. The Hall–Kier alpha value is -5.32. The molecule has 0 heterocycles. The zero-order chi connectivity index (χ0) is 33.4. The molecule has 2 atom stereocenters. The van der Waals surface area contributed by atoms with E-state index in [0.29, 0.717) is 48.2 Å². The Morgan fingerprint density at radius 2 is 1.00 bits per heavy atom. The minimum absolute atomic E-state index is 0.0406. The Morgan fingerprint density at radius 1 is 0.565 bits per heavy atom. The van der Waals surface area contributed by atoms with E-state index >= 15 is 0 Å². The topological polar surface area (TPSA) is 173 Å². The third-order valence-corrected chi connectivity index (χ3v) is 7.79. The Bertz CT molecular complexity index is 1730. The molecule has 4 rings (SSSR count). The molecular weight excluding hydrogens is 588 g/mol. The number of carboxylic acids is 2. The summed E-state index contributed by atoms with van der Waals surface area (Å²) in [5, 5.41) is 45.4. The average Bonchev–Trinajstić information content (AvgIpc) is 3.03. The number of nitrogens with one attached hydrogen (secondary N) is 2. The maximum absolute atomic E-state index is 12.8. The van der Waals surface area contributed by atoms with Crippen molar-refractivity contribution >= 4 is 35.1 Å². The normalized spacial score (nSPS) is 12.2. The van der Waals surface area contributed by atoms with Gasteiger partial charge in [-0.15, -0.1) is 0 Å². The van der Waals surface area contributed by atoms with Crippen LogP contribution in [0.2, 0.25) is 0 Å². The quantitative estimate of drug-likeness (QED) is 0.113. The smallest absolute Gasteiger partial charge is 0.336 e. The minimum Gasteiger partial charge on any atom is -0.478 e. The maximum Gasteiger partial charge on any atom is 0.336 e. The van der Waals surface area contributed by atoms with Crippen molar-refractivity contribution in [1.29, 1.82) is 0 Å². The van der Waals surface area contributed by atoms with E-state index in [1.54, 1.807) is 86.6 Å². The van der Waals surface area contributed by atoms with Crippen LogP contribution in [-0.4, -0.2) is 56.4 Å². The number of carbonyl (C=O) groups is 4. The second-order valence-electron chi connectivity index (χ2n) is 11.1. The lowest BCUT2D eigenvalue weighted by atomic mass is 9.98. The van der Waals surface area contributed by atoms with Gasteiger partial charge in [-0.1, -0.05) is 48.5 Å². The van der Waals surface area contributed by atoms with E-state index in [2.05, 4.69) is 10.6 Å². The number of hydrogen-bond acceptors (Lipinski definition) is 6. The molecular formula is C36H36N2O8. The summed E-state index contributed by atoms with van der Waals surface area (Å²) in [6.45, 7) is 3.31. The van der Waals surface area contributed by atoms with Crippen molar-refractivity contribution in [2.75, 3.05) is 10.6 Å². The first-order valence-corrected chi connectivity index (χ1v) is 14.8. The lowest BCUT2D eigenvalue weighted by Gasteiger charge is -2.18. The molecule has 10 nitrogen and oxygen atoms in total. The predicted molar refractivity (Wildman–Crippen MR) is 174 cm³/mol. The van der Waals surface area contributed by atoms with E-state index in [-0.39, 0.29) is 22.3 Å². The van der Waals surface area contributed by atoms with E-state index in [1.165, 1.54) is 12.1 Å². The molecule has 4 aromatic carbocycles. The molecule has 6 N–H and O–H groups in total. The number of carboxylic acid groups (broad SMARTS) is 2. The summed E-state index contributed by atoms with van der Waals surface area (Å²) < 4.78 is 0. The Morgan fingerprint density at radius 3 is 1.46 bits per heavy atom. The molecule has 46 heavy (non-hydrogen) atoms. The fourth-order valence-corrected chi connectivity index (χ4v) is 5.20. The molecule has 0 saturated heterocycles. The highest BCUT2D eigenvalue weighted by atomic mass is 16.4. The van der Waals surface area contributed by atoms with Gasteiger partial charge in [0.05, 0.1) is 34.5 Å². The number of hydrogen-bond donors (Lipinski definition) is 6. The first-order valence-electron chi connectivity index (χ1n) is 14.8. The summed E-state index contributed by atoms with van der Waals surface area (Å²) in [6.07, 6.45) is -0.281. The van der Waals surface area contributed by atoms with Gasteiger partial charge in [-0.2, -0.15) is 0 Å². The van der Waals surface area contributed by atoms with E-state index < -0.39 is 36.0 Å². The first-order chi connectivity index (χ1) is 21.9. The predicted octanol–water partition coefficient (Wildman–Crippen LogP) is 5.49. The summed E-state index contributed by atoms with van der Waals surface area (Å²) >= 11 is 0. The summed E-state index contributed by atoms with van der Waals surface area (Å²) in [5.74, 6) is -3.39. The van der Waals surface area contributed by atoms with Crippen LogP contribution < -0.4 is 10.6 Å². The van der Waals surface area contributed by atoms with Crippen LogP contribution in [0.5, 0.6) is 0 Å². The lowest BCUT2D eigenvalue weighted by Crippen LogP contribution is -2.27. The molecule has 0 spiro atoms. The number of anilines is 2. The Kier molecular flexibility index (Phi) is 11.0. The van der Waals surface area contributed by atoms with Crippen LogP contribution in [0.15, 0.2) is 84.9 Å². The summed E-state index contributed by atoms with van der Waals surface area (Å²) in [5.41, 5.74) is 3.90. The number of aryl methyl sites for hydroxylation is 4. The fourth-order valence-electron chi connectivity index (χ4n) is 5.20. The molecule has 4 aromatic rings. The second kappa shape index (κ2) is 15.1. The van der Waals surface area contributed by atoms with Crippen molar-refractivity contribution in [1.82, 2.24) is 0 Å². The molecule has 0 aliphatic rings. The number of aromatic carboxylic acids is 2. The van der Waals surface area contributed by atoms with Crippen LogP contribution in [0.25, 0.3) is 0 Å². The number of amides is 2. The molecule has 0 saturated carbocycles. The van der Waals surface area contributed by atoms with Gasteiger partial charge in [0.15, 0.2) is 0 Å². The van der Waals surface area contributed by atoms with Crippen LogP contribution in [0.3, 0.4) is 0 Å². The zero-order valence-electron chi connectivity index (χ0n) is 25.5. The largest absolute Gasteiger partial charge is 0.478 e. The van der Waals surface area contributed by atoms with Gasteiger partial charge in [0.1, 0.15) is 0 Å². The third kappa shape index (κ3) is 8.44. The maximum atomic E-state index is 12.8. The van der Waals surface area contributed by atoms with E-state index in [1.807, 2.05) is 0 Å². The average molecular weight is 625 g/mol. The van der Waals surface area contributed by atoms with Gasteiger partial charge in [-0.05, 0) is 98.2 Å². The van der Waals surface area contributed by atoms with Gasteiger partial charge < -0.3 is 31.1 Å².